The van der Waals surface area contributed by atoms with Crippen LogP contribution in [0.2, 0.25) is 0 Å². The van der Waals surface area contributed by atoms with Crippen LogP contribution in [-0.4, -0.2) is 5.78 Å². The highest BCUT2D eigenvalue weighted by atomic mass is 79.9. The minimum Gasteiger partial charge on any atom is -0.288 e. The van der Waals surface area contributed by atoms with Crippen molar-refractivity contribution >= 4 is 21.7 Å². The lowest BCUT2D eigenvalue weighted by molar-refractivity contribution is 0.103. The van der Waals surface area contributed by atoms with Crippen molar-refractivity contribution in [2.24, 2.45) is 0 Å². The monoisotopic (exact) mass is 328 g/mol. The van der Waals surface area contributed by atoms with E-state index >= 15 is 0 Å². The van der Waals surface area contributed by atoms with Crippen LogP contribution >= 0.6 is 15.9 Å². The molecule has 0 bridgehead atoms. The van der Waals surface area contributed by atoms with Crippen molar-refractivity contribution in [1.29, 1.82) is 0 Å². The van der Waals surface area contributed by atoms with Crippen LogP contribution in [0.3, 0.4) is 0 Å². The maximum absolute atomic E-state index is 13.7. The summed E-state index contributed by atoms with van der Waals surface area (Å²) >= 11 is 3.04. The average Bonchev–Trinajstić information content (AvgIpc) is 2.34. The largest absolute Gasteiger partial charge is 0.288 e. The van der Waals surface area contributed by atoms with Gasteiger partial charge in [-0.2, -0.15) is 0 Å². The molecule has 0 saturated heterocycles. The second-order valence-corrected chi connectivity index (χ2v) is 4.96. The molecular formula is C14H8BrF3O. The summed E-state index contributed by atoms with van der Waals surface area (Å²) < 4.78 is 40.7. The molecule has 2 aromatic rings. The molecule has 0 unspecified atom stereocenters. The molecule has 0 aliphatic rings. The van der Waals surface area contributed by atoms with Gasteiger partial charge in [0.25, 0.3) is 0 Å². The van der Waals surface area contributed by atoms with Crippen molar-refractivity contribution in [2.75, 3.05) is 0 Å². The van der Waals surface area contributed by atoms with Crippen LogP contribution in [0.1, 0.15) is 21.5 Å². The summed E-state index contributed by atoms with van der Waals surface area (Å²) in [6.45, 7) is 1.39. The smallest absolute Gasteiger partial charge is 0.196 e. The number of rotatable bonds is 2. The molecule has 0 atom stereocenters. The van der Waals surface area contributed by atoms with E-state index in [2.05, 4.69) is 15.9 Å². The maximum atomic E-state index is 13.7. The van der Waals surface area contributed by atoms with Gasteiger partial charge in [-0.05, 0) is 36.8 Å². The van der Waals surface area contributed by atoms with Crippen LogP contribution in [0.15, 0.2) is 34.8 Å². The number of hydrogen-bond donors (Lipinski definition) is 0. The van der Waals surface area contributed by atoms with Gasteiger partial charge in [-0.15, -0.1) is 0 Å². The fraction of sp³-hybridized carbons (Fsp3) is 0.0714. The normalized spacial score (nSPS) is 10.6. The van der Waals surface area contributed by atoms with Crippen molar-refractivity contribution in [2.45, 2.75) is 6.92 Å². The summed E-state index contributed by atoms with van der Waals surface area (Å²) in [5, 5.41) is 0. The Balaban J connectivity index is 2.53. The van der Waals surface area contributed by atoms with E-state index in [-0.39, 0.29) is 11.1 Å². The summed E-state index contributed by atoms with van der Waals surface area (Å²) in [7, 11) is 0. The van der Waals surface area contributed by atoms with E-state index in [0.29, 0.717) is 4.47 Å². The van der Waals surface area contributed by atoms with E-state index in [4.69, 9.17) is 0 Å². The number of ketones is 1. The second-order valence-electron chi connectivity index (χ2n) is 4.05. The molecule has 0 radical (unpaired) electrons. The highest BCUT2D eigenvalue weighted by Gasteiger charge is 2.19. The van der Waals surface area contributed by atoms with E-state index in [1.165, 1.54) is 31.2 Å². The molecule has 0 saturated carbocycles. The van der Waals surface area contributed by atoms with Crippen LogP contribution in [-0.2, 0) is 0 Å². The van der Waals surface area contributed by atoms with E-state index in [9.17, 15) is 18.0 Å². The van der Waals surface area contributed by atoms with Gasteiger partial charge in [0.2, 0.25) is 0 Å². The summed E-state index contributed by atoms with van der Waals surface area (Å²) in [5.74, 6) is -3.69. The first-order chi connectivity index (χ1) is 8.90. The minimum atomic E-state index is -1.22. The second kappa shape index (κ2) is 5.17. The molecule has 0 aromatic heterocycles. The van der Waals surface area contributed by atoms with Gasteiger partial charge in [-0.3, -0.25) is 4.79 Å². The topological polar surface area (TPSA) is 17.1 Å². The molecule has 98 valence electrons. The summed E-state index contributed by atoms with van der Waals surface area (Å²) in [6.07, 6.45) is 0. The zero-order valence-electron chi connectivity index (χ0n) is 9.81. The predicted molar refractivity (Wildman–Crippen MR) is 68.6 cm³/mol. The van der Waals surface area contributed by atoms with E-state index in [1.807, 2.05) is 0 Å². The molecule has 0 aliphatic carbocycles. The Hall–Kier alpha value is -1.62. The van der Waals surface area contributed by atoms with Crippen molar-refractivity contribution in [1.82, 2.24) is 0 Å². The third-order valence-electron chi connectivity index (χ3n) is 2.64. The van der Waals surface area contributed by atoms with Gasteiger partial charge in [-0.25, -0.2) is 13.2 Å². The van der Waals surface area contributed by atoms with E-state index in [0.717, 1.165) is 6.07 Å². The van der Waals surface area contributed by atoms with Crippen LogP contribution in [0.4, 0.5) is 13.2 Å². The molecule has 19 heavy (non-hydrogen) atoms. The standard InChI is InChI=1S/C14H8BrF3O/c1-7-2-3-11(13(18)12(7)17)14(19)8-4-9(15)6-10(16)5-8/h2-6H,1H3. The molecule has 0 N–H and O–H groups in total. The van der Waals surface area contributed by atoms with Crippen LogP contribution in [0.25, 0.3) is 0 Å². The Kier molecular flexibility index (Phi) is 3.75. The van der Waals surface area contributed by atoms with Crippen molar-refractivity contribution in [3.05, 3.63) is 68.9 Å². The first-order valence-corrected chi connectivity index (χ1v) is 6.15. The lowest BCUT2D eigenvalue weighted by Gasteiger charge is -2.06. The van der Waals surface area contributed by atoms with Gasteiger partial charge in [0.05, 0.1) is 5.56 Å². The summed E-state index contributed by atoms with van der Waals surface area (Å²) in [5.41, 5.74) is -0.357. The fourth-order valence-corrected chi connectivity index (χ4v) is 2.13. The SMILES string of the molecule is Cc1ccc(C(=O)c2cc(F)cc(Br)c2)c(F)c1F. The number of carbonyl (C=O) groups excluding carboxylic acids is 1. The lowest BCUT2D eigenvalue weighted by Crippen LogP contribution is -2.07. The third-order valence-corrected chi connectivity index (χ3v) is 3.10. The molecule has 0 spiro atoms. The van der Waals surface area contributed by atoms with Crippen LogP contribution < -0.4 is 0 Å². The lowest BCUT2D eigenvalue weighted by atomic mass is 10.0. The van der Waals surface area contributed by atoms with Gasteiger partial charge in [-0.1, -0.05) is 22.0 Å². The zero-order chi connectivity index (χ0) is 14.2. The Morgan fingerprint density at radius 2 is 1.74 bits per heavy atom. The molecule has 0 amide bonds. The van der Waals surface area contributed by atoms with Gasteiger partial charge in [0, 0.05) is 10.0 Å². The van der Waals surface area contributed by atoms with Gasteiger partial charge in [0.15, 0.2) is 17.4 Å². The third kappa shape index (κ3) is 2.71. The van der Waals surface area contributed by atoms with E-state index < -0.39 is 28.8 Å². The summed E-state index contributed by atoms with van der Waals surface area (Å²) in [6, 6.07) is 5.99. The fourth-order valence-electron chi connectivity index (χ4n) is 1.66. The van der Waals surface area contributed by atoms with Crippen LogP contribution in [0.5, 0.6) is 0 Å². The number of halogens is 4. The Morgan fingerprint density at radius 3 is 2.37 bits per heavy atom. The minimum absolute atomic E-state index is 0.0472. The highest BCUT2D eigenvalue weighted by Crippen LogP contribution is 2.21. The quantitative estimate of drug-likeness (QED) is 0.746. The first kappa shape index (κ1) is 13.8. The Labute approximate surface area is 116 Å². The Morgan fingerprint density at radius 1 is 1.05 bits per heavy atom. The number of aryl methyl sites for hydroxylation is 1. The maximum Gasteiger partial charge on any atom is 0.196 e. The highest BCUT2D eigenvalue weighted by molar-refractivity contribution is 9.10. The van der Waals surface area contributed by atoms with E-state index in [1.54, 1.807) is 0 Å². The van der Waals surface area contributed by atoms with Crippen molar-refractivity contribution in [3.8, 4) is 0 Å². The van der Waals surface area contributed by atoms with Gasteiger partial charge < -0.3 is 0 Å². The molecule has 2 aromatic carbocycles. The molecule has 2 rings (SSSR count). The number of hydrogen-bond acceptors (Lipinski definition) is 1. The Bertz CT molecular complexity index is 648. The molecule has 0 heterocycles. The molecular weight excluding hydrogens is 321 g/mol. The predicted octanol–water partition coefficient (Wildman–Crippen LogP) is 4.41. The number of carbonyl (C=O) groups is 1. The molecule has 0 aliphatic heterocycles. The van der Waals surface area contributed by atoms with Gasteiger partial charge in [0.1, 0.15) is 5.82 Å². The summed E-state index contributed by atoms with van der Waals surface area (Å²) in [4.78, 5) is 12.0. The molecule has 5 heteroatoms. The molecule has 1 nitrogen and oxygen atoms in total. The number of benzene rings is 2. The molecule has 0 fully saturated rings. The zero-order valence-corrected chi connectivity index (χ0v) is 11.4. The first-order valence-electron chi connectivity index (χ1n) is 5.35. The van der Waals surface area contributed by atoms with Gasteiger partial charge >= 0.3 is 0 Å². The van der Waals surface area contributed by atoms with Crippen molar-refractivity contribution in [3.63, 3.8) is 0 Å². The van der Waals surface area contributed by atoms with Crippen LogP contribution in [0, 0.1) is 24.4 Å². The average molecular weight is 329 g/mol. The van der Waals surface area contributed by atoms with Crippen molar-refractivity contribution < 1.29 is 18.0 Å².